The van der Waals surface area contributed by atoms with Crippen LogP contribution in [0.25, 0.3) is 11.3 Å². The average molecular weight is 438 g/mol. The van der Waals surface area contributed by atoms with Crippen LogP contribution in [0.4, 0.5) is 10.3 Å². The molecule has 0 aliphatic heterocycles. The molecule has 0 radical (unpaired) electrons. The van der Waals surface area contributed by atoms with Gasteiger partial charge in [0, 0.05) is 29.8 Å². The van der Waals surface area contributed by atoms with E-state index in [-0.39, 0.29) is 28.4 Å². The van der Waals surface area contributed by atoms with E-state index in [1.807, 2.05) is 36.4 Å². The Morgan fingerprint density at radius 2 is 1.90 bits per heavy atom. The highest BCUT2D eigenvalue weighted by molar-refractivity contribution is 6.30. The average Bonchev–Trinajstić information content (AvgIpc) is 2.73. The minimum absolute atomic E-state index is 0.0181. The molecule has 2 aromatic carbocycles. The molecule has 3 aliphatic carbocycles. The van der Waals surface area contributed by atoms with Gasteiger partial charge in [-0.05, 0) is 42.9 Å². The number of Topliss-reactive ketones (excluding diaryl/α,β-unsaturated/α-hetero) is 1. The molecule has 3 aromatic rings. The molecular weight excluding hydrogens is 417 g/mol. The Kier molecular flexibility index (Phi) is 4.89. The molecule has 0 amide bonds. The molecule has 0 spiro atoms. The van der Waals surface area contributed by atoms with Crippen molar-refractivity contribution in [1.29, 1.82) is 0 Å². The first-order valence-electron chi connectivity index (χ1n) is 10.2. The summed E-state index contributed by atoms with van der Waals surface area (Å²) in [4.78, 5) is 21.4. The van der Waals surface area contributed by atoms with Gasteiger partial charge >= 0.3 is 0 Å². The molecule has 31 heavy (non-hydrogen) atoms. The second-order valence-electron chi connectivity index (χ2n) is 8.65. The Labute approximate surface area is 184 Å². The van der Waals surface area contributed by atoms with Gasteiger partial charge in [-0.25, -0.2) is 14.4 Å². The number of carbonyl (C=O) groups excluding carboxylic acids is 1. The molecule has 0 saturated heterocycles. The van der Waals surface area contributed by atoms with Gasteiger partial charge in [0.15, 0.2) is 5.78 Å². The van der Waals surface area contributed by atoms with E-state index < -0.39 is 5.82 Å². The number of ketones is 1. The van der Waals surface area contributed by atoms with Gasteiger partial charge in [-0.1, -0.05) is 41.9 Å². The first-order chi connectivity index (χ1) is 14.9. The maximum absolute atomic E-state index is 13.5. The number of anilines is 1. The Morgan fingerprint density at radius 3 is 2.65 bits per heavy atom. The summed E-state index contributed by atoms with van der Waals surface area (Å²) in [6.45, 7) is -0.0640. The zero-order chi connectivity index (χ0) is 21.5. The van der Waals surface area contributed by atoms with E-state index in [1.165, 1.54) is 12.1 Å². The van der Waals surface area contributed by atoms with E-state index >= 15 is 0 Å². The molecule has 158 valence electrons. The molecule has 7 heteroatoms. The summed E-state index contributed by atoms with van der Waals surface area (Å²) in [5.74, 6) is 0.388. The normalized spacial score (nSPS) is 23.4. The minimum Gasteiger partial charge on any atom is -0.486 e. The van der Waals surface area contributed by atoms with Crippen molar-refractivity contribution in [2.75, 3.05) is 11.9 Å². The molecule has 5 nitrogen and oxygen atoms in total. The monoisotopic (exact) mass is 437 g/mol. The van der Waals surface area contributed by atoms with E-state index in [0.717, 1.165) is 30.5 Å². The lowest BCUT2D eigenvalue weighted by molar-refractivity contribution is -0.147. The van der Waals surface area contributed by atoms with Crippen LogP contribution < -0.4 is 10.1 Å². The first kappa shape index (κ1) is 19.9. The van der Waals surface area contributed by atoms with Gasteiger partial charge in [-0.15, -0.1) is 0 Å². The van der Waals surface area contributed by atoms with E-state index in [4.69, 9.17) is 16.3 Å². The van der Waals surface area contributed by atoms with Crippen LogP contribution in [0.5, 0.6) is 5.75 Å². The van der Waals surface area contributed by atoms with Gasteiger partial charge in [0.2, 0.25) is 5.95 Å². The predicted octanol–water partition coefficient (Wildman–Crippen LogP) is 5.31. The summed E-state index contributed by atoms with van der Waals surface area (Å²) in [5, 5.41) is 3.51. The molecule has 1 aromatic heterocycles. The highest BCUT2D eigenvalue weighted by Crippen LogP contribution is 2.69. The smallest absolute Gasteiger partial charge is 0.223 e. The van der Waals surface area contributed by atoms with Gasteiger partial charge in [-0.3, -0.25) is 4.79 Å². The Hall–Kier alpha value is -2.99. The summed E-state index contributed by atoms with van der Waals surface area (Å²) >= 11 is 5.66. The summed E-state index contributed by atoms with van der Waals surface area (Å²) in [5.41, 5.74) is 1.95. The number of carbonyl (C=O) groups is 1. The molecule has 6 rings (SSSR count). The van der Waals surface area contributed by atoms with Crippen molar-refractivity contribution >= 4 is 23.3 Å². The van der Waals surface area contributed by atoms with Crippen molar-refractivity contribution in [3.8, 4) is 17.0 Å². The lowest BCUT2D eigenvalue weighted by atomic mass is 9.38. The maximum atomic E-state index is 13.5. The third-order valence-electron chi connectivity index (χ3n) is 6.11. The van der Waals surface area contributed by atoms with Crippen LogP contribution in [0.1, 0.15) is 25.7 Å². The highest BCUT2D eigenvalue weighted by Gasteiger charge is 2.68. The third kappa shape index (κ3) is 4.00. The summed E-state index contributed by atoms with van der Waals surface area (Å²) < 4.78 is 18.9. The lowest BCUT2D eigenvalue weighted by Gasteiger charge is -2.70. The standard InChI is InChI=1S/C24H21ClFN3O2/c25-19-7-6-18(10-20(19)26)31-12-17(30)11-23-13-24(14-23,15-23)29-22-27-9-8-21(28-22)16-4-2-1-3-5-16/h1-10H,11-15H2,(H,27,28,29). The zero-order valence-electron chi connectivity index (χ0n) is 16.8. The van der Waals surface area contributed by atoms with E-state index in [9.17, 15) is 9.18 Å². The fourth-order valence-corrected chi connectivity index (χ4v) is 5.06. The number of ether oxygens (including phenoxy) is 1. The topological polar surface area (TPSA) is 64.1 Å². The summed E-state index contributed by atoms with van der Waals surface area (Å²) in [6.07, 6.45) is 4.98. The SMILES string of the molecule is O=C(COc1ccc(Cl)c(F)c1)CC12CC(Nc3nccc(-c4ccccc4)n3)(C1)C2. The number of hydrogen-bond acceptors (Lipinski definition) is 5. The van der Waals surface area contributed by atoms with Crippen molar-refractivity contribution in [1.82, 2.24) is 9.97 Å². The molecule has 2 bridgehead atoms. The summed E-state index contributed by atoms with van der Waals surface area (Å²) in [7, 11) is 0. The van der Waals surface area contributed by atoms with Crippen LogP contribution in [0.3, 0.4) is 0 Å². The number of halogens is 2. The Morgan fingerprint density at radius 1 is 1.13 bits per heavy atom. The van der Waals surface area contributed by atoms with Gasteiger partial charge in [0.25, 0.3) is 0 Å². The molecule has 1 N–H and O–H groups in total. The molecule has 0 atom stereocenters. The van der Waals surface area contributed by atoms with Gasteiger partial charge in [0.1, 0.15) is 18.2 Å². The van der Waals surface area contributed by atoms with Crippen LogP contribution in [-0.4, -0.2) is 27.9 Å². The van der Waals surface area contributed by atoms with E-state index in [2.05, 4.69) is 15.3 Å². The van der Waals surface area contributed by atoms with Gasteiger partial charge < -0.3 is 10.1 Å². The molecule has 0 unspecified atom stereocenters. The minimum atomic E-state index is -0.558. The second kappa shape index (κ2) is 7.61. The quantitative estimate of drug-likeness (QED) is 0.517. The fourth-order valence-electron chi connectivity index (χ4n) is 4.94. The largest absolute Gasteiger partial charge is 0.486 e. The van der Waals surface area contributed by atoms with Crippen LogP contribution in [0, 0.1) is 11.2 Å². The lowest BCUT2D eigenvalue weighted by Crippen LogP contribution is -2.71. The Bertz CT molecular complexity index is 1120. The zero-order valence-corrected chi connectivity index (χ0v) is 17.5. The highest BCUT2D eigenvalue weighted by atomic mass is 35.5. The molecule has 3 fully saturated rings. The maximum Gasteiger partial charge on any atom is 0.223 e. The predicted molar refractivity (Wildman–Crippen MR) is 117 cm³/mol. The van der Waals surface area contributed by atoms with Crippen LogP contribution in [-0.2, 0) is 4.79 Å². The third-order valence-corrected chi connectivity index (χ3v) is 6.41. The number of aromatic nitrogens is 2. The number of rotatable bonds is 8. The van der Waals surface area contributed by atoms with Crippen molar-refractivity contribution in [3.63, 3.8) is 0 Å². The van der Waals surface area contributed by atoms with E-state index in [1.54, 1.807) is 12.3 Å². The van der Waals surface area contributed by atoms with Gasteiger partial charge in [-0.2, -0.15) is 0 Å². The second-order valence-corrected chi connectivity index (χ2v) is 9.05. The fraction of sp³-hybridized carbons (Fsp3) is 0.292. The molecular formula is C24H21ClFN3O2. The van der Waals surface area contributed by atoms with Crippen LogP contribution in [0.15, 0.2) is 60.8 Å². The van der Waals surface area contributed by atoms with Crippen LogP contribution >= 0.6 is 11.6 Å². The first-order valence-corrected chi connectivity index (χ1v) is 10.6. The number of hydrogen-bond donors (Lipinski definition) is 1. The van der Waals surface area contributed by atoms with Crippen molar-refractivity contribution in [2.45, 2.75) is 31.2 Å². The summed E-state index contributed by atoms with van der Waals surface area (Å²) in [6, 6.07) is 16.1. The molecule has 3 saturated carbocycles. The van der Waals surface area contributed by atoms with Gasteiger partial charge in [0.05, 0.1) is 10.7 Å². The molecule has 3 aliphatic rings. The number of nitrogens with one attached hydrogen (secondary N) is 1. The number of nitrogens with zero attached hydrogens (tertiary/aromatic N) is 2. The van der Waals surface area contributed by atoms with Crippen molar-refractivity contribution < 1.29 is 13.9 Å². The van der Waals surface area contributed by atoms with Crippen molar-refractivity contribution in [3.05, 3.63) is 71.6 Å². The van der Waals surface area contributed by atoms with Crippen LogP contribution in [0.2, 0.25) is 5.02 Å². The number of benzene rings is 2. The van der Waals surface area contributed by atoms with E-state index in [0.29, 0.717) is 18.1 Å². The Balaban J connectivity index is 1.13. The molecule has 1 heterocycles. The van der Waals surface area contributed by atoms with Crippen molar-refractivity contribution in [2.24, 2.45) is 5.41 Å².